The fraction of sp³-hybridized carbons (Fsp3) is 0.263. The third-order valence-corrected chi connectivity index (χ3v) is 4.17. The summed E-state index contributed by atoms with van der Waals surface area (Å²) in [6.07, 6.45) is 1.90. The number of benzene rings is 2. The molecule has 4 N–H and O–H groups in total. The van der Waals surface area contributed by atoms with Crippen LogP contribution in [0.5, 0.6) is 0 Å². The molecule has 6 heteroatoms. The zero-order valence-electron chi connectivity index (χ0n) is 13.9. The van der Waals surface area contributed by atoms with E-state index >= 15 is 0 Å². The molecule has 0 spiro atoms. The molecule has 0 bridgehead atoms. The summed E-state index contributed by atoms with van der Waals surface area (Å²) in [7, 11) is 0. The fourth-order valence-electron chi connectivity index (χ4n) is 2.89. The first-order chi connectivity index (χ1) is 12.1. The second-order valence-electron chi connectivity index (χ2n) is 6.18. The maximum atomic E-state index is 12.5. The van der Waals surface area contributed by atoms with Crippen LogP contribution in [0.3, 0.4) is 0 Å². The number of nitrogens with two attached hydrogens (primary N) is 1. The molecule has 6 nitrogen and oxygen atoms in total. The molecule has 1 heterocycles. The molecule has 0 saturated carbocycles. The number of nitrogens with zero attached hydrogens (tertiary/aromatic N) is 1. The van der Waals surface area contributed by atoms with Gasteiger partial charge in [0.2, 0.25) is 0 Å². The van der Waals surface area contributed by atoms with Crippen molar-refractivity contribution in [3.05, 3.63) is 60.2 Å². The van der Waals surface area contributed by atoms with Gasteiger partial charge >= 0.3 is 6.03 Å². The van der Waals surface area contributed by atoms with E-state index in [2.05, 4.69) is 10.6 Å². The standard InChI is InChI=1S/C19H22N4O2/c20-15-5-4-12-23(13-15)18(24)14-8-10-17(11-9-14)22-19(25)21-16-6-2-1-3-7-16/h1-3,6-11,15H,4-5,12-13,20H2,(H2,21,22,25). The van der Waals surface area contributed by atoms with Gasteiger partial charge in [0.15, 0.2) is 0 Å². The van der Waals surface area contributed by atoms with Crippen molar-refractivity contribution in [3.8, 4) is 0 Å². The predicted molar refractivity (Wildman–Crippen MR) is 98.6 cm³/mol. The number of urea groups is 1. The monoisotopic (exact) mass is 338 g/mol. The number of para-hydroxylation sites is 1. The molecule has 2 aromatic carbocycles. The summed E-state index contributed by atoms with van der Waals surface area (Å²) in [5.74, 6) is -0.0181. The Bertz CT molecular complexity index is 731. The van der Waals surface area contributed by atoms with Gasteiger partial charge in [-0.05, 0) is 49.2 Å². The van der Waals surface area contributed by atoms with Crippen molar-refractivity contribution in [1.82, 2.24) is 4.90 Å². The Labute approximate surface area is 147 Å². The summed E-state index contributed by atoms with van der Waals surface area (Å²) in [5.41, 5.74) is 7.88. The molecule has 3 amide bonds. The number of carbonyl (C=O) groups is 2. The van der Waals surface area contributed by atoms with Gasteiger partial charge in [0.05, 0.1) is 0 Å². The molecule has 25 heavy (non-hydrogen) atoms. The van der Waals surface area contributed by atoms with E-state index in [1.54, 1.807) is 29.2 Å². The molecule has 1 atom stereocenters. The molecule has 1 unspecified atom stereocenters. The number of rotatable bonds is 3. The molecular weight excluding hydrogens is 316 g/mol. The van der Waals surface area contributed by atoms with Crippen LogP contribution in [0.2, 0.25) is 0 Å². The predicted octanol–water partition coefficient (Wildman–Crippen LogP) is 2.89. The van der Waals surface area contributed by atoms with Crippen LogP contribution < -0.4 is 16.4 Å². The Hall–Kier alpha value is -2.86. The summed E-state index contributed by atoms with van der Waals surface area (Å²) in [6, 6.07) is 15.8. The number of likely N-dealkylation sites (tertiary alicyclic amines) is 1. The number of anilines is 2. The van der Waals surface area contributed by atoms with Crippen LogP contribution in [-0.4, -0.2) is 36.0 Å². The summed E-state index contributed by atoms with van der Waals surface area (Å²) < 4.78 is 0. The van der Waals surface area contributed by atoms with E-state index in [0.717, 1.165) is 19.4 Å². The van der Waals surface area contributed by atoms with E-state index in [9.17, 15) is 9.59 Å². The van der Waals surface area contributed by atoms with Crippen LogP contribution in [0, 0.1) is 0 Å². The Balaban J connectivity index is 1.58. The number of piperidine rings is 1. The highest BCUT2D eigenvalue weighted by atomic mass is 16.2. The Morgan fingerprint density at radius 1 is 0.960 bits per heavy atom. The molecule has 0 aromatic heterocycles. The maximum absolute atomic E-state index is 12.5. The van der Waals surface area contributed by atoms with Crippen molar-refractivity contribution in [2.75, 3.05) is 23.7 Å². The molecule has 1 aliphatic heterocycles. The van der Waals surface area contributed by atoms with Crippen molar-refractivity contribution in [2.24, 2.45) is 5.73 Å². The molecular formula is C19H22N4O2. The van der Waals surface area contributed by atoms with Crippen LogP contribution in [0.15, 0.2) is 54.6 Å². The van der Waals surface area contributed by atoms with E-state index in [0.29, 0.717) is 23.5 Å². The average molecular weight is 338 g/mol. The van der Waals surface area contributed by atoms with Gasteiger partial charge in [-0.1, -0.05) is 18.2 Å². The van der Waals surface area contributed by atoms with Crippen LogP contribution in [0.4, 0.5) is 16.2 Å². The minimum atomic E-state index is -0.327. The number of hydrogen-bond acceptors (Lipinski definition) is 3. The lowest BCUT2D eigenvalue weighted by atomic mass is 10.1. The number of carbonyl (C=O) groups excluding carboxylic acids is 2. The van der Waals surface area contributed by atoms with Gasteiger partial charge in [0, 0.05) is 36.1 Å². The lowest BCUT2D eigenvalue weighted by molar-refractivity contribution is 0.0709. The van der Waals surface area contributed by atoms with Gasteiger partial charge in [-0.2, -0.15) is 0 Å². The third kappa shape index (κ3) is 4.58. The zero-order chi connectivity index (χ0) is 17.6. The van der Waals surface area contributed by atoms with Crippen molar-refractivity contribution < 1.29 is 9.59 Å². The topological polar surface area (TPSA) is 87.5 Å². The van der Waals surface area contributed by atoms with E-state index < -0.39 is 0 Å². The minimum Gasteiger partial charge on any atom is -0.337 e. The summed E-state index contributed by atoms with van der Waals surface area (Å²) in [6.45, 7) is 1.34. The largest absolute Gasteiger partial charge is 0.337 e. The first kappa shape index (κ1) is 17.0. The average Bonchev–Trinajstić information content (AvgIpc) is 2.62. The van der Waals surface area contributed by atoms with Crippen molar-refractivity contribution in [3.63, 3.8) is 0 Å². The van der Waals surface area contributed by atoms with Crippen molar-refractivity contribution in [1.29, 1.82) is 0 Å². The van der Waals surface area contributed by atoms with E-state index in [1.165, 1.54) is 0 Å². The van der Waals surface area contributed by atoms with E-state index in [4.69, 9.17) is 5.73 Å². The van der Waals surface area contributed by atoms with Crippen LogP contribution in [0.25, 0.3) is 0 Å². The van der Waals surface area contributed by atoms with Crippen LogP contribution in [0.1, 0.15) is 23.2 Å². The van der Waals surface area contributed by atoms with E-state index in [-0.39, 0.29) is 18.0 Å². The SMILES string of the molecule is NC1CCCN(C(=O)c2ccc(NC(=O)Nc3ccccc3)cc2)C1. The van der Waals surface area contributed by atoms with Gasteiger partial charge in [0.25, 0.3) is 5.91 Å². The molecule has 0 radical (unpaired) electrons. The van der Waals surface area contributed by atoms with Crippen LogP contribution in [-0.2, 0) is 0 Å². The smallest absolute Gasteiger partial charge is 0.323 e. The Kier molecular flexibility index (Phi) is 5.30. The van der Waals surface area contributed by atoms with Gasteiger partial charge in [-0.25, -0.2) is 4.79 Å². The fourth-order valence-corrected chi connectivity index (χ4v) is 2.89. The molecule has 2 aromatic rings. The molecule has 1 fully saturated rings. The molecule has 3 rings (SSSR count). The summed E-state index contributed by atoms with van der Waals surface area (Å²) in [4.78, 5) is 26.3. The van der Waals surface area contributed by atoms with Gasteiger partial charge < -0.3 is 21.3 Å². The lowest BCUT2D eigenvalue weighted by Crippen LogP contribution is -2.45. The van der Waals surface area contributed by atoms with Gasteiger partial charge in [-0.15, -0.1) is 0 Å². The summed E-state index contributed by atoms with van der Waals surface area (Å²) in [5, 5.41) is 5.49. The molecule has 130 valence electrons. The molecule has 0 aliphatic carbocycles. The minimum absolute atomic E-state index is 0.0181. The highest BCUT2D eigenvalue weighted by Crippen LogP contribution is 2.16. The molecule has 1 aliphatic rings. The zero-order valence-corrected chi connectivity index (χ0v) is 13.9. The van der Waals surface area contributed by atoms with Gasteiger partial charge in [0.1, 0.15) is 0 Å². The number of hydrogen-bond donors (Lipinski definition) is 3. The Morgan fingerprint density at radius 2 is 1.60 bits per heavy atom. The second-order valence-corrected chi connectivity index (χ2v) is 6.18. The first-order valence-corrected chi connectivity index (χ1v) is 8.40. The number of nitrogens with one attached hydrogen (secondary N) is 2. The normalized spacial score (nSPS) is 17.0. The highest BCUT2D eigenvalue weighted by molar-refractivity contribution is 6.00. The number of amides is 3. The second kappa shape index (κ2) is 7.81. The van der Waals surface area contributed by atoms with Crippen molar-refractivity contribution >= 4 is 23.3 Å². The van der Waals surface area contributed by atoms with Crippen LogP contribution >= 0.6 is 0 Å². The van der Waals surface area contributed by atoms with Gasteiger partial charge in [-0.3, -0.25) is 4.79 Å². The quantitative estimate of drug-likeness (QED) is 0.804. The third-order valence-electron chi connectivity index (χ3n) is 4.17. The maximum Gasteiger partial charge on any atom is 0.323 e. The first-order valence-electron chi connectivity index (χ1n) is 8.40. The van der Waals surface area contributed by atoms with Crippen molar-refractivity contribution in [2.45, 2.75) is 18.9 Å². The molecule has 1 saturated heterocycles. The lowest BCUT2D eigenvalue weighted by Gasteiger charge is -2.30. The van der Waals surface area contributed by atoms with E-state index in [1.807, 2.05) is 30.3 Å². The Morgan fingerprint density at radius 3 is 2.24 bits per heavy atom. The summed E-state index contributed by atoms with van der Waals surface area (Å²) >= 11 is 0. The highest BCUT2D eigenvalue weighted by Gasteiger charge is 2.22.